The van der Waals surface area contributed by atoms with E-state index in [1.165, 1.54) is 7.11 Å². The van der Waals surface area contributed by atoms with Gasteiger partial charge in [-0.3, -0.25) is 4.79 Å². The molecule has 0 aliphatic carbocycles. The van der Waals surface area contributed by atoms with Crippen molar-refractivity contribution in [2.45, 2.75) is 102 Å². The van der Waals surface area contributed by atoms with Crippen LogP contribution in [0, 0.1) is 0 Å². The molecule has 1 rings (SSSR count). The van der Waals surface area contributed by atoms with Crippen LogP contribution in [0.4, 0.5) is 0 Å². The molecule has 0 aromatic heterocycles. The summed E-state index contributed by atoms with van der Waals surface area (Å²) < 4.78 is 17.9. The summed E-state index contributed by atoms with van der Waals surface area (Å²) in [6, 6.07) is 0. The number of carbonyl (C=O) groups excluding carboxylic acids is 1. The number of methoxy groups -OCH3 is 1. The molecule has 146 valence electrons. The normalized spacial score (nSPS) is 24.8. The summed E-state index contributed by atoms with van der Waals surface area (Å²) in [5.41, 5.74) is 1.65. The van der Waals surface area contributed by atoms with Crippen LogP contribution in [-0.4, -0.2) is 39.7 Å². The molecule has 0 radical (unpaired) electrons. The van der Waals surface area contributed by atoms with E-state index in [4.69, 9.17) is 13.9 Å². The van der Waals surface area contributed by atoms with Crippen molar-refractivity contribution in [1.82, 2.24) is 0 Å². The molecule has 0 aromatic rings. The fraction of sp³-hybridized carbons (Fsp3) is 0.850. The molecule has 0 spiro atoms. The Kier molecular flexibility index (Phi) is 8.85. The van der Waals surface area contributed by atoms with Crippen LogP contribution in [0.2, 0.25) is 16.6 Å². The molecule has 25 heavy (non-hydrogen) atoms. The van der Waals surface area contributed by atoms with Gasteiger partial charge < -0.3 is 13.9 Å². The highest BCUT2D eigenvalue weighted by atomic mass is 28.4. The van der Waals surface area contributed by atoms with Gasteiger partial charge in [0.25, 0.3) is 0 Å². The zero-order valence-corrected chi connectivity index (χ0v) is 18.2. The molecule has 1 fully saturated rings. The minimum absolute atomic E-state index is 0.0732. The van der Waals surface area contributed by atoms with Crippen molar-refractivity contribution in [3.8, 4) is 0 Å². The van der Waals surface area contributed by atoms with E-state index in [0.717, 1.165) is 19.3 Å². The second-order valence-electron chi connectivity index (χ2n) is 8.21. The zero-order chi connectivity index (χ0) is 19.2. The summed E-state index contributed by atoms with van der Waals surface area (Å²) in [7, 11) is -0.518. The Hall–Kier alpha value is -0.653. The molecule has 0 unspecified atom stereocenters. The average Bonchev–Trinajstić information content (AvgIpc) is 2.51. The van der Waals surface area contributed by atoms with E-state index in [9.17, 15) is 4.79 Å². The van der Waals surface area contributed by atoms with Crippen LogP contribution in [0.15, 0.2) is 12.7 Å². The molecule has 0 N–H and O–H groups in total. The summed E-state index contributed by atoms with van der Waals surface area (Å²) in [6.07, 6.45) is 4.71. The molecule has 0 bridgehead atoms. The van der Waals surface area contributed by atoms with Crippen molar-refractivity contribution in [2.24, 2.45) is 0 Å². The van der Waals surface area contributed by atoms with E-state index in [2.05, 4.69) is 48.1 Å². The highest BCUT2D eigenvalue weighted by Gasteiger charge is 2.47. The van der Waals surface area contributed by atoms with Crippen molar-refractivity contribution in [1.29, 1.82) is 0 Å². The van der Waals surface area contributed by atoms with Gasteiger partial charge in [0, 0.05) is 0 Å². The highest BCUT2D eigenvalue weighted by molar-refractivity contribution is 6.77. The zero-order valence-electron chi connectivity index (χ0n) is 17.2. The molecule has 1 aliphatic rings. The predicted octanol–water partition coefficient (Wildman–Crippen LogP) is 5.23. The SMILES string of the molecule is C=CC[C@H]1C[C@H](O[Si](C(C)C)(C(C)C)C(C)C)C[C@H](CC(=O)OC)O1. The Labute approximate surface area is 155 Å². The molecule has 1 aliphatic heterocycles. The van der Waals surface area contributed by atoms with E-state index in [-0.39, 0.29) is 24.3 Å². The minimum atomic E-state index is -1.94. The summed E-state index contributed by atoms with van der Waals surface area (Å²) in [4.78, 5) is 11.7. The van der Waals surface area contributed by atoms with Crippen molar-refractivity contribution in [2.75, 3.05) is 7.11 Å². The molecule has 3 atom stereocenters. The van der Waals surface area contributed by atoms with Crippen molar-refractivity contribution >= 4 is 14.3 Å². The average molecular weight is 371 g/mol. The molecular formula is C20H38O4Si. The van der Waals surface area contributed by atoms with Gasteiger partial charge in [-0.05, 0) is 35.9 Å². The Morgan fingerprint density at radius 2 is 1.64 bits per heavy atom. The van der Waals surface area contributed by atoms with E-state index < -0.39 is 8.32 Å². The van der Waals surface area contributed by atoms with E-state index in [1.54, 1.807) is 0 Å². The van der Waals surface area contributed by atoms with Crippen LogP contribution in [-0.2, 0) is 18.7 Å². The molecule has 5 heteroatoms. The summed E-state index contributed by atoms with van der Waals surface area (Å²) in [6.45, 7) is 17.7. The lowest BCUT2D eigenvalue weighted by Crippen LogP contribution is -2.52. The van der Waals surface area contributed by atoms with E-state index in [0.29, 0.717) is 23.0 Å². The number of ether oxygens (including phenoxy) is 2. The Balaban J connectivity index is 2.98. The van der Waals surface area contributed by atoms with Crippen molar-refractivity contribution in [3.63, 3.8) is 0 Å². The molecule has 1 heterocycles. The highest BCUT2D eigenvalue weighted by Crippen LogP contribution is 2.44. The first kappa shape index (κ1) is 22.4. The number of hydrogen-bond acceptors (Lipinski definition) is 4. The largest absolute Gasteiger partial charge is 0.469 e. The summed E-state index contributed by atoms with van der Waals surface area (Å²) in [5.74, 6) is -0.219. The molecule has 1 saturated heterocycles. The van der Waals surface area contributed by atoms with Crippen LogP contribution in [0.5, 0.6) is 0 Å². The van der Waals surface area contributed by atoms with E-state index in [1.807, 2.05) is 6.08 Å². The molecular weight excluding hydrogens is 332 g/mol. The Bertz CT molecular complexity index is 412. The lowest BCUT2D eigenvalue weighted by atomic mass is 9.97. The third-order valence-electron chi connectivity index (χ3n) is 5.57. The van der Waals surface area contributed by atoms with Gasteiger partial charge in [-0.15, -0.1) is 6.58 Å². The van der Waals surface area contributed by atoms with Gasteiger partial charge in [-0.1, -0.05) is 47.6 Å². The standard InChI is InChI=1S/C20H38O4Si/c1-9-10-17-11-19(12-18(23-17)13-20(21)22-8)24-25(14(2)3,15(4)5)16(6)7/h9,14-19H,1,10-13H2,2-8H3/t17-,18+,19-/m0/s1. The molecule has 0 saturated carbocycles. The lowest BCUT2D eigenvalue weighted by molar-refractivity contribution is -0.149. The maximum Gasteiger partial charge on any atom is 0.308 e. The monoisotopic (exact) mass is 370 g/mol. The Morgan fingerprint density at radius 1 is 1.12 bits per heavy atom. The molecule has 0 amide bonds. The van der Waals surface area contributed by atoms with Crippen LogP contribution in [0.25, 0.3) is 0 Å². The third-order valence-corrected chi connectivity index (χ3v) is 11.7. The Morgan fingerprint density at radius 3 is 2.08 bits per heavy atom. The quantitative estimate of drug-likeness (QED) is 0.316. The van der Waals surface area contributed by atoms with Gasteiger partial charge in [0.2, 0.25) is 8.32 Å². The van der Waals surface area contributed by atoms with Gasteiger partial charge in [0.1, 0.15) is 0 Å². The molecule has 0 aromatic carbocycles. The maximum atomic E-state index is 11.7. The first-order chi connectivity index (χ1) is 11.7. The van der Waals surface area contributed by atoms with Gasteiger partial charge >= 0.3 is 5.97 Å². The minimum Gasteiger partial charge on any atom is -0.469 e. The number of hydrogen-bond donors (Lipinski definition) is 0. The van der Waals surface area contributed by atoms with Gasteiger partial charge in [0.05, 0.1) is 31.8 Å². The number of rotatable bonds is 9. The van der Waals surface area contributed by atoms with Crippen LogP contribution >= 0.6 is 0 Å². The topological polar surface area (TPSA) is 44.8 Å². The second kappa shape index (κ2) is 9.88. The lowest BCUT2D eigenvalue weighted by Gasteiger charge is -2.47. The maximum absolute atomic E-state index is 11.7. The van der Waals surface area contributed by atoms with E-state index >= 15 is 0 Å². The predicted molar refractivity (Wildman–Crippen MR) is 105 cm³/mol. The van der Waals surface area contributed by atoms with Gasteiger partial charge in [-0.25, -0.2) is 0 Å². The summed E-state index contributed by atoms with van der Waals surface area (Å²) >= 11 is 0. The third kappa shape index (κ3) is 5.66. The smallest absolute Gasteiger partial charge is 0.308 e. The van der Waals surface area contributed by atoms with Gasteiger partial charge in [0.15, 0.2) is 0 Å². The molecule has 4 nitrogen and oxygen atoms in total. The van der Waals surface area contributed by atoms with Crippen LogP contribution in [0.1, 0.15) is 67.2 Å². The first-order valence-electron chi connectivity index (χ1n) is 9.68. The number of esters is 1. The summed E-state index contributed by atoms with van der Waals surface area (Å²) in [5, 5.41) is 0. The number of carbonyl (C=O) groups is 1. The fourth-order valence-electron chi connectivity index (χ4n) is 4.60. The van der Waals surface area contributed by atoms with Crippen LogP contribution in [0.3, 0.4) is 0 Å². The van der Waals surface area contributed by atoms with Crippen LogP contribution < -0.4 is 0 Å². The fourth-order valence-corrected chi connectivity index (χ4v) is 10.2. The van der Waals surface area contributed by atoms with Crippen molar-refractivity contribution in [3.05, 3.63) is 12.7 Å². The second-order valence-corrected chi connectivity index (χ2v) is 13.6. The van der Waals surface area contributed by atoms with Gasteiger partial charge in [-0.2, -0.15) is 0 Å². The first-order valence-corrected chi connectivity index (χ1v) is 11.8. The van der Waals surface area contributed by atoms with Crippen molar-refractivity contribution < 1.29 is 18.7 Å².